The summed E-state index contributed by atoms with van der Waals surface area (Å²) in [4.78, 5) is 2.39. The molecule has 0 aliphatic carbocycles. The molecule has 3 rings (SSSR count). The Morgan fingerprint density at radius 3 is 2.04 bits per heavy atom. The Kier molecular flexibility index (Phi) is 4.47. The Labute approximate surface area is 140 Å². The summed E-state index contributed by atoms with van der Waals surface area (Å²) in [7, 11) is 1.91. The first kappa shape index (κ1) is 16.8. The zero-order chi connectivity index (χ0) is 16.7. The number of anilines is 1. The number of likely N-dealkylation sites (tertiary alicyclic amines) is 1. The lowest BCUT2D eigenvalue weighted by Crippen LogP contribution is -2.41. The van der Waals surface area contributed by atoms with Crippen molar-refractivity contribution < 1.29 is 9.31 Å². The van der Waals surface area contributed by atoms with Crippen LogP contribution in [0.2, 0.25) is 0 Å². The molecule has 0 bridgehead atoms. The van der Waals surface area contributed by atoms with E-state index in [1.165, 1.54) is 31.6 Å². The van der Waals surface area contributed by atoms with Gasteiger partial charge in [0.15, 0.2) is 0 Å². The van der Waals surface area contributed by atoms with Gasteiger partial charge in [-0.05, 0) is 78.3 Å². The molecule has 0 atom stereocenters. The number of benzene rings is 1. The molecule has 2 aliphatic rings. The lowest BCUT2D eigenvalue weighted by Gasteiger charge is -2.32. The van der Waals surface area contributed by atoms with Crippen LogP contribution in [0.4, 0.5) is 5.69 Å². The highest BCUT2D eigenvalue weighted by molar-refractivity contribution is 6.62. The smallest absolute Gasteiger partial charge is 0.399 e. The van der Waals surface area contributed by atoms with Gasteiger partial charge in [0.1, 0.15) is 0 Å². The standard InChI is InChI=1S/C18H29BN2O2/c1-17(2)18(3,4)23-19(22-17)14-6-8-15(9-7-14)20-16-10-12-21(5)13-11-16/h6-9,16,20H,10-13H2,1-5H3. The lowest BCUT2D eigenvalue weighted by molar-refractivity contribution is 0.00578. The Morgan fingerprint density at radius 1 is 1.00 bits per heavy atom. The molecule has 126 valence electrons. The third kappa shape index (κ3) is 3.57. The molecule has 1 aromatic rings. The maximum atomic E-state index is 6.10. The highest BCUT2D eigenvalue weighted by Gasteiger charge is 2.51. The van der Waals surface area contributed by atoms with E-state index in [9.17, 15) is 0 Å². The van der Waals surface area contributed by atoms with Crippen LogP contribution in [0.15, 0.2) is 24.3 Å². The predicted molar refractivity (Wildman–Crippen MR) is 96.3 cm³/mol. The zero-order valence-electron chi connectivity index (χ0n) is 15.1. The predicted octanol–water partition coefficient (Wildman–Crippen LogP) is 2.49. The van der Waals surface area contributed by atoms with E-state index < -0.39 is 0 Å². The van der Waals surface area contributed by atoms with Gasteiger partial charge in [0.05, 0.1) is 11.2 Å². The van der Waals surface area contributed by atoms with Crippen LogP contribution in [0, 0.1) is 0 Å². The van der Waals surface area contributed by atoms with Gasteiger partial charge >= 0.3 is 7.12 Å². The molecule has 4 nitrogen and oxygen atoms in total. The first-order chi connectivity index (χ1) is 10.8. The van der Waals surface area contributed by atoms with Gasteiger partial charge in [-0.25, -0.2) is 0 Å². The van der Waals surface area contributed by atoms with Gasteiger partial charge in [0.2, 0.25) is 0 Å². The minimum Gasteiger partial charge on any atom is -0.399 e. The number of rotatable bonds is 3. The van der Waals surface area contributed by atoms with Crippen molar-refractivity contribution in [3.05, 3.63) is 24.3 Å². The molecule has 2 heterocycles. The minimum absolute atomic E-state index is 0.280. The first-order valence-corrected chi connectivity index (χ1v) is 8.67. The van der Waals surface area contributed by atoms with E-state index >= 15 is 0 Å². The third-order valence-corrected chi connectivity index (χ3v) is 5.53. The van der Waals surface area contributed by atoms with Gasteiger partial charge in [-0.1, -0.05) is 12.1 Å². The highest BCUT2D eigenvalue weighted by Crippen LogP contribution is 2.36. The van der Waals surface area contributed by atoms with Crippen LogP contribution in [0.5, 0.6) is 0 Å². The zero-order valence-corrected chi connectivity index (χ0v) is 15.1. The van der Waals surface area contributed by atoms with Crippen LogP contribution in [-0.2, 0) is 9.31 Å². The Hall–Kier alpha value is -1.04. The Bertz CT molecular complexity index is 520. The molecular formula is C18H29BN2O2. The number of hydrogen-bond acceptors (Lipinski definition) is 4. The molecule has 5 heteroatoms. The van der Waals surface area contributed by atoms with E-state index in [2.05, 4.69) is 69.2 Å². The van der Waals surface area contributed by atoms with E-state index in [-0.39, 0.29) is 18.3 Å². The molecule has 1 N–H and O–H groups in total. The average molecular weight is 316 g/mol. The molecule has 0 unspecified atom stereocenters. The molecule has 2 saturated heterocycles. The fraction of sp³-hybridized carbons (Fsp3) is 0.667. The maximum Gasteiger partial charge on any atom is 0.494 e. The van der Waals surface area contributed by atoms with Crippen LogP contribution in [0.1, 0.15) is 40.5 Å². The van der Waals surface area contributed by atoms with Crippen LogP contribution < -0.4 is 10.8 Å². The average Bonchev–Trinajstić information content (AvgIpc) is 2.71. The van der Waals surface area contributed by atoms with Crippen molar-refractivity contribution in [2.24, 2.45) is 0 Å². The van der Waals surface area contributed by atoms with Crippen LogP contribution >= 0.6 is 0 Å². The second-order valence-electron chi connectivity index (χ2n) is 7.93. The van der Waals surface area contributed by atoms with Crippen molar-refractivity contribution in [1.29, 1.82) is 0 Å². The summed E-state index contributed by atoms with van der Waals surface area (Å²) >= 11 is 0. The third-order valence-electron chi connectivity index (χ3n) is 5.53. The fourth-order valence-electron chi connectivity index (χ4n) is 3.10. The second-order valence-corrected chi connectivity index (χ2v) is 7.93. The van der Waals surface area contributed by atoms with E-state index in [0.717, 1.165) is 5.46 Å². The summed E-state index contributed by atoms with van der Waals surface area (Å²) in [5.41, 5.74) is 1.68. The SMILES string of the molecule is CN1CCC(Nc2ccc(B3OC(C)(C)C(C)(C)O3)cc2)CC1. The number of nitrogens with one attached hydrogen (secondary N) is 1. The fourth-order valence-corrected chi connectivity index (χ4v) is 3.10. The summed E-state index contributed by atoms with van der Waals surface area (Å²) < 4.78 is 12.2. The van der Waals surface area contributed by atoms with E-state index in [1.54, 1.807) is 0 Å². The molecule has 0 radical (unpaired) electrons. The molecule has 0 spiro atoms. The van der Waals surface area contributed by atoms with Crippen molar-refractivity contribution in [3.63, 3.8) is 0 Å². The number of piperidine rings is 1. The van der Waals surface area contributed by atoms with Gasteiger partial charge in [-0.3, -0.25) is 0 Å². The molecule has 0 aromatic heterocycles. The highest BCUT2D eigenvalue weighted by atomic mass is 16.7. The largest absolute Gasteiger partial charge is 0.494 e. The normalized spacial score (nSPS) is 24.8. The molecule has 1 aromatic carbocycles. The lowest BCUT2D eigenvalue weighted by atomic mass is 9.79. The van der Waals surface area contributed by atoms with Crippen molar-refractivity contribution in [3.8, 4) is 0 Å². The number of nitrogens with zero attached hydrogens (tertiary/aromatic N) is 1. The van der Waals surface area contributed by atoms with Crippen molar-refractivity contribution in [1.82, 2.24) is 4.90 Å². The van der Waals surface area contributed by atoms with Gasteiger partial charge in [0, 0.05) is 11.7 Å². The molecule has 0 amide bonds. The second kappa shape index (κ2) is 6.12. The van der Waals surface area contributed by atoms with E-state index in [0.29, 0.717) is 6.04 Å². The summed E-state index contributed by atoms with van der Waals surface area (Å²) in [6, 6.07) is 9.07. The van der Waals surface area contributed by atoms with Crippen LogP contribution in [0.3, 0.4) is 0 Å². The molecule has 2 fully saturated rings. The quantitative estimate of drug-likeness (QED) is 0.869. The van der Waals surface area contributed by atoms with Gasteiger partial charge in [-0.2, -0.15) is 0 Å². The summed E-state index contributed by atoms with van der Waals surface area (Å²) in [5, 5.41) is 3.64. The summed E-state index contributed by atoms with van der Waals surface area (Å²) in [5.74, 6) is 0. The van der Waals surface area contributed by atoms with E-state index in [1.807, 2.05) is 0 Å². The van der Waals surface area contributed by atoms with Gasteiger partial charge in [0.25, 0.3) is 0 Å². The molecule has 23 heavy (non-hydrogen) atoms. The first-order valence-electron chi connectivity index (χ1n) is 8.67. The number of hydrogen-bond donors (Lipinski definition) is 1. The Balaban J connectivity index is 1.62. The monoisotopic (exact) mass is 316 g/mol. The van der Waals surface area contributed by atoms with Crippen LogP contribution in [0.25, 0.3) is 0 Å². The molecule has 2 aliphatic heterocycles. The molecule has 0 saturated carbocycles. The van der Waals surface area contributed by atoms with Gasteiger partial charge < -0.3 is 19.5 Å². The topological polar surface area (TPSA) is 33.7 Å². The Morgan fingerprint density at radius 2 is 1.52 bits per heavy atom. The van der Waals surface area contributed by atoms with Gasteiger partial charge in [-0.15, -0.1) is 0 Å². The van der Waals surface area contributed by atoms with Crippen molar-refractivity contribution in [2.45, 2.75) is 57.8 Å². The minimum atomic E-state index is -0.289. The summed E-state index contributed by atoms with van der Waals surface area (Å²) in [6.07, 6.45) is 2.41. The van der Waals surface area contributed by atoms with E-state index in [4.69, 9.17) is 9.31 Å². The van der Waals surface area contributed by atoms with Crippen LogP contribution in [-0.4, -0.2) is 49.4 Å². The molecular weight excluding hydrogens is 287 g/mol. The van der Waals surface area contributed by atoms with Crippen molar-refractivity contribution in [2.75, 3.05) is 25.5 Å². The summed E-state index contributed by atoms with van der Waals surface area (Å²) in [6.45, 7) is 10.7. The van der Waals surface area contributed by atoms with Crippen molar-refractivity contribution >= 4 is 18.3 Å². The maximum absolute atomic E-state index is 6.10.